The molecule has 1 rings (SSSR count). The summed E-state index contributed by atoms with van der Waals surface area (Å²) >= 11 is 0. The third-order valence-corrected chi connectivity index (χ3v) is 3.16. The average molecular weight is 185 g/mol. The van der Waals surface area contributed by atoms with Crippen molar-refractivity contribution in [1.82, 2.24) is 4.90 Å². The van der Waals surface area contributed by atoms with Gasteiger partial charge in [0.05, 0.1) is 6.10 Å². The van der Waals surface area contributed by atoms with Gasteiger partial charge in [0.15, 0.2) is 0 Å². The van der Waals surface area contributed by atoms with Crippen molar-refractivity contribution in [2.24, 2.45) is 11.8 Å². The first-order valence-electron chi connectivity index (χ1n) is 5.48. The summed E-state index contributed by atoms with van der Waals surface area (Å²) in [6.45, 7) is 6.56. The van der Waals surface area contributed by atoms with Gasteiger partial charge >= 0.3 is 0 Å². The van der Waals surface area contributed by atoms with Gasteiger partial charge in [-0.15, -0.1) is 0 Å². The molecule has 0 spiro atoms. The molecule has 1 aliphatic rings. The Bertz CT molecular complexity index is 147. The van der Waals surface area contributed by atoms with Crippen LogP contribution in [-0.4, -0.2) is 36.2 Å². The summed E-state index contributed by atoms with van der Waals surface area (Å²) in [6, 6.07) is 0. The number of aliphatic hydroxyl groups is 1. The molecular formula is C11H23NO. The minimum Gasteiger partial charge on any atom is -0.393 e. The molecule has 2 atom stereocenters. The summed E-state index contributed by atoms with van der Waals surface area (Å²) in [7, 11) is 2.17. The molecule has 0 saturated carbocycles. The zero-order chi connectivity index (χ0) is 9.84. The van der Waals surface area contributed by atoms with Gasteiger partial charge in [0.2, 0.25) is 0 Å². The van der Waals surface area contributed by atoms with Crippen molar-refractivity contribution in [3.8, 4) is 0 Å². The van der Waals surface area contributed by atoms with E-state index in [1.54, 1.807) is 0 Å². The highest BCUT2D eigenvalue weighted by Gasteiger charge is 2.23. The quantitative estimate of drug-likeness (QED) is 0.708. The maximum Gasteiger partial charge on any atom is 0.0591 e. The smallest absolute Gasteiger partial charge is 0.0591 e. The number of aliphatic hydroxyl groups excluding tert-OH is 1. The van der Waals surface area contributed by atoms with Crippen molar-refractivity contribution >= 4 is 0 Å². The number of likely N-dealkylation sites (tertiary alicyclic amines) is 1. The Hall–Kier alpha value is -0.0800. The summed E-state index contributed by atoms with van der Waals surface area (Å²) in [5.74, 6) is 0.943. The van der Waals surface area contributed by atoms with Crippen LogP contribution in [0.3, 0.4) is 0 Å². The van der Waals surface area contributed by atoms with Crippen LogP contribution in [0.15, 0.2) is 0 Å². The Morgan fingerprint density at radius 2 is 1.92 bits per heavy atom. The fraction of sp³-hybridized carbons (Fsp3) is 1.00. The summed E-state index contributed by atoms with van der Waals surface area (Å²) in [5, 5.41) is 9.94. The van der Waals surface area contributed by atoms with Gasteiger partial charge in [-0.2, -0.15) is 0 Å². The highest BCUT2D eigenvalue weighted by Crippen LogP contribution is 2.24. The Kier molecular flexibility index (Phi) is 4.20. The monoisotopic (exact) mass is 185 g/mol. The highest BCUT2D eigenvalue weighted by molar-refractivity contribution is 4.76. The van der Waals surface area contributed by atoms with Crippen LogP contribution in [0, 0.1) is 11.8 Å². The fourth-order valence-electron chi connectivity index (χ4n) is 2.15. The zero-order valence-corrected chi connectivity index (χ0v) is 9.16. The van der Waals surface area contributed by atoms with Crippen LogP contribution in [0.1, 0.15) is 33.1 Å². The second-order valence-electron chi connectivity index (χ2n) is 4.73. The largest absolute Gasteiger partial charge is 0.393 e. The van der Waals surface area contributed by atoms with E-state index in [4.69, 9.17) is 0 Å². The molecule has 2 nitrogen and oxygen atoms in total. The summed E-state index contributed by atoms with van der Waals surface area (Å²) < 4.78 is 0. The van der Waals surface area contributed by atoms with E-state index < -0.39 is 0 Å². The first-order chi connectivity index (χ1) is 6.11. The van der Waals surface area contributed by atoms with Gasteiger partial charge in [-0.1, -0.05) is 13.8 Å². The van der Waals surface area contributed by atoms with Crippen LogP contribution in [0.25, 0.3) is 0 Å². The lowest BCUT2D eigenvalue weighted by Crippen LogP contribution is -2.27. The number of nitrogens with zero attached hydrogens (tertiary/aromatic N) is 1. The Balaban J connectivity index is 2.41. The van der Waals surface area contributed by atoms with Crippen LogP contribution in [0.2, 0.25) is 0 Å². The molecular weight excluding hydrogens is 162 g/mol. The summed E-state index contributed by atoms with van der Waals surface area (Å²) in [5.41, 5.74) is 0. The maximum absolute atomic E-state index is 9.94. The maximum atomic E-state index is 9.94. The van der Waals surface area contributed by atoms with Gasteiger partial charge in [-0.05, 0) is 51.2 Å². The third-order valence-electron chi connectivity index (χ3n) is 3.16. The molecule has 0 aliphatic carbocycles. The predicted octanol–water partition coefficient (Wildman–Crippen LogP) is 1.74. The van der Waals surface area contributed by atoms with E-state index in [1.807, 2.05) is 0 Å². The third kappa shape index (κ3) is 3.28. The zero-order valence-electron chi connectivity index (χ0n) is 9.16. The molecule has 1 N–H and O–H groups in total. The molecule has 2 unspecified atom stereocenters. The molecule has 0 aromatic heterocycles. The van der Waals surface area contributed by atoms with Crippen molar-refractivity contribution in [3.63, 3.8) is 0 Å². The molecule has 2 heteroatoms. The Morgan fingerprint density at radius 3 is 2.54 bits per heavy atom. The number of hydrogen-bond acceptors (Lipinski definition) is 2. The van der Waals surface area contributed by atoms with Crippen molar-refractivity contribution in [2.75, 3.05) is 20.1 Å². The van der Waals surface area contributed by atoms with Crippen LogP contribution in [-0.2, 0) is 0 Å². The van der Waals surface area contributed by atoms with Crippen LogP contribution in [0.5, 0.6) is 0 Å². The minimum absolute atomic E-state index is 0.0912. The Morgan fingerprint density at radius 1 is 1.23 bits per heavy atom. The van der Waals surface area contributed by atoms with Gasteiger partial charge in [0.25, 0.3) is 0 Å². The van der Waals surface area contributed by atoms with E-state index >= 15 is 0 Å². The summed E-state index contributed by atoms with van der Waals surface area (Å²) in [6.07, 6.45) is 3.51. The SMILES string of the molecule is CC(C)C(O)C1CCCN(C)CC1. The van der Waals surface area contributed by atoms with E-state index in [1.165, 1.54) is 19.4 Å². The van der Waals surface area contributed by atoms with E-state index in [-0.39, 0.29) is 6.10 Å². The second kappa shape index (κ2) is 4.97. The highest BCUT2D eigenvalue weighted by atomic mass is 16.3. The van der Waals surface area contributed by atoms with E-state index in [0.717, 1.165) is 13.0 Å². The topological polar surface area (TPSA) is 23.5 Å². The summed E-state index contributed by atoms with van der Waals surface area (Å²) in [4.78, 5) is 2.37. The molecule has 1 saturated heterocycles. The first-order valence-corrected chi connectivity index (χ1v) is 5.48. The lowest BCUT2D eigenvalue weighted by molar-refractivity contribution is 0.0575. The second-order valence-corrected chi connectivity index (χ2v) is 4.73. The molecule has 1 heterocycles. The van der Waals surface area contributed by atoms with Crippen molar-refractivity contribution in [1.29, 1.82) is 0 Å². The van der Waals surface area contributed by atoms with Crippen LogP contribution >= 0.6 is 0 Å². The number of rotatable bonds is 2. The van der Waals surface area contributed by atoms with Gasteiger partial charge in [-0.3, -0.25) is 0 Å². The molecule has 1 fully saturated rings. The molecule has 0 bridgehead atoms. The molecule has 0 amide bonds. The molecule has 1 aliphatic heterocycles. The van der Waals surface area contributed by atoms with E-state index in [0.29, 0.717) is 11.8 Å². The van der Waals surface area contributed by atoms with Crippen molar-refractivity contribution in [2.45, 2.75) is 39.2 Å². The molecule has 0 aromatic carbocycles. The van der Waals surface area contributed by atoms with Gasteiger partial charge in [-0.25, -0.2) is 0 Å². The standard InChI is InChI=1S/C11H23NO/c1-9(2)11(13)10-5-4-7-12(3)8-6-10/h9-11,13H,4-8H2,1-3H3. The molecule has 0 radical (unpaired) electrons. The van der Waals surface area contributed by atoms with Crippen molar-refractivity contribution < 1.29 is 5.11 Å². The average Bonchev–Trinajstić information content (AvgIpc) is 2.28. The van der Waals surface area contributed by atoms with Gasteiger partial charge in [0.1, 0.15) is 0 Å². The molecule has 0 aromatic rings. The van der Waals surface area contributed by atoms with Gasteiger partial charge < -0.3 is 10.0 Å². The fourth-order valence-corrected chi connectivity index (χ4v) is 2.15. The Labute approximate surface area is 81.9 Å². The van der Waals surface area contributed by atoms with Crippen molar-refractivity contribution in [3.05, 3.63) is 0 Å². The van der Waals surface area contributed by atoms with Crippen LogP contribution in [0.4, 0.5) is 0 Å². The number of hydrogen-bond donors (Lipinski definition) is 1. The van der Waals surface area contributed by atoms with E-state index in [2.05, 4.69) is 25.8 Å². The lowest BCUT2D eigenvalue weighted by atomic mass is 9.88. The van der Waals surface area contributed by atoms with Crippen LogP contribution < -0.4 is 0 Å². The minimum atomic E-state index is -0.0912. The molecule has 13 heavy (non-hydrogen) atoms. The van der Waals surface area contributed by atoms with Gasteiger partial charge in [0, 0.05) is 0 Å². The normalized spacial score (nSPS) is 28.8. The van der Waals surface area contributed by atoms with E-state index in [9.17, 15) is 5.11 Å². The predicted molar refractivity (Wildman–Crippen MR) is 55.7 cm³/mol. The first kappa shape index (κ1) is 11.0. The molecule has 78 valence electrons. The lowest BCUT2D eigenvalue weighted by Gasteiger charge is -2.24.